The van der Waals surface area contributed by atoms with Crippen molar-refractivity contribution in [1.82, 2.24) is 24.9 Å². The lowest BCUT2D eigenvalue weighted by Gasteiger charge is -2.29. The largest absolute Gasteiger partial charge is 0.299 e. The van der Waals surface area contributed by atoms with Crippen LogP contribution in [-0.2, 0) is 12.1 Å². The summed E-state index contributed by atoms with van der Waals surface area (Å²) in [5, 5.41) is 11.7. The van der Waals surface area contributed by atoms with Crippen LogP contribution in [0.4, 0.5) is 0 Å². The van der Waals surface area contributed by atoms with Gasteiger partial charge in [0.15, 0.2) is 0 Å². The molecule has 0 bridgehead atoms. The van der Waals surface area contributed by atoms with Gasteiger partial charge < -0.3 is 0 Å². The van der Waals surface area contributed by atoms with E-state index in [-0.39, 0.29) is 5.54 Å². The fourth-order valence-corrected chi connectivity index (χ4v) is 3.06. The van der Waals surface area contributed by atoms with Crippen molar-refractivity contribution < 1.29 is 0 Å². The maximum atomic E-state index is 4.73. The zero-order valence-electron chi connectivity index (χ0n) is 14.8. The molecule has 0 aliphatic carbocycles. The molecule has 2 aromatic heterocycles. The third kappa shape index (κ3) is 3.39. The molecule has 24 heavy (non-hydrogen) atoms. The van der Waals surface area contributed by atoms with Gasteiger partial charge in [0.2, 0.25) is 0 Å². The van der Waals surface area contributed by atoms with Gasteiger partial charge in [-0.1, -0.05) is 35.0 Å². The second-order valence-corrected chi connectivity index (χ2v) is 7.69. The quantitative estimate of drug-likeness (QED) is 0.712. The minimum Gasteiger partial charge on any atom is -0.299 e. The van der Waals surface area contributed by atoms with Crippen molar-refractivity contribution in [1.29, 1.82) is 0 Å². The number of thiazole rings is 1. The van der Waals surface area contributed by atoms with Gasteiger partial charge in [0, 0.05) is 10.9 Å². The topological polar surface area (TPSA) is 46.8 Å². The highest BCUT2D eigenvalue weighted by Gasteiger charge is 2.26. The van der Waals surface area contributed by atoms with Gasteiger partial charge in [-0.2, -0.15) is 0 Å². The van der Waals surface area contributed by atoms with Crippen molar-refractivity contribution in [3.63, 3.8) is 0 Å². The van der Waals surface area contributed by atoms with Crippen molar-refractivity contribution in [2.75, 3.05) is 14.1 Å². The molecule has 0 unspecified atom stereocenters. The van der Waals surface area contributed by atoms with E-state index in [4.69, 9.17) is 4.98 Å². The Hall–Kier alpha value is -2.05. The molecule has 0 amide bonds. The van der Waals surface area contributed by atoms with Crippen LogP contribution in [0.25, 0.3) is 11.3 Å². The summed E-state index contributed by atoms with van der Waals surface area (Å²) in [5.74, 6) is 0. The number of benzene rings is 1. The summed E-state index contributed by atoms with van der Waals surface area (Å²) in [6.45, 7) is 7.02. The number of aryl methyl sites for hydroxylation is 1. The van der Waals surface area contributed by atoms with Crippen LogP contribution >= 0.6 is 11.3 Å². The maximum Gasteiger partial charge on any atom is 0.115 e. The Morgan fingerprint density at radius 2 is 1.88 bits per heavy atom. The minimum absolute atomic E-state index is 0.145. The van der Waals surface area contributed by atoms with E-state index in [0.29, 0.717) is 6.54 Å². The number of hydrogen-bond acceptors (Lipinski definition) is 5. The Morgan fingerprint density at radius 3 is 2.54 bits per heavy atom. The van der Waals surface area contributed by atoms with Gasteiger partial charge in [-0.15, -0.1) is 16.4 Å². The Morgan fingerprint density at radius 1 is 1.17 bits per heavy atom. The number of hydrogen-bond donors (Lipinski definition) is 0. The van der Waals surface area contributed by atoms with Crippen molar-refractivity contribution in [2.24, 2.45) is 0 Å². The summed E-state index contributed by atoms with van der Waals surface area (Å²) in [6.07, 6.45) is 2.01. The second-order valence-electron chi connectivity index (χ2n) is 6.75. The van der Waals surface area contributed by atoms with Crippen LogP contribution in [-0.4, -0.2) is 39.0 Å². The van der Waals surface area contributed by atoms with Gasteiger partial charge in [0.05, 0.1) is 24.0 Å². The molecule has 1 aromatic carbocycles. The molecule has 3 aromatic rings. The monoisotopic (exact) mass is 341 g/mol. The van der Waals surface area contributed by atoms with E-state index in [9.17, 15) is 0 Å². The summed E-state index contributed by atoms with van der Waals surface area (Å²) < 4.78 is 1.86. The number of rotatable bonds is 5. The Kier molecular flexibility index (Phi) is 4.51. The zero-order valence-corrected chi connectivity index (χ0v) is 15.6. The van der Waals surface area contributed by atoms with Gasteiger partial charge in [-0.05, 0) is 34.9 Å². The number of aromatic nitrogens is 4. The summed E-state index contributed by atoms with van der Waals surface area (Å²) in [5.41, 5.74) is 4.24. The van der Waals surface area contributed by atoms with Crippen molar-refractivity contribution in [3.8, 4) is 11.3 Å². The van der Waals surface area contributed by atoms with Gasteiger partial charge in [0.1, 0.15) is 10.7 Å². The van der Waals surface area contributed by atoms with Gasteiger partial charge >= 0.3 is 0 Å². The third-order valence-corrected chi connectivity index (χ3v) is 5.31. The Balaban J connectivity index is 1.76. The predicted molar refractivity (Wildman–Crippen MR) is 98.1 cm³/mol. The molecule has 126 valence electrons. The first-order chi connectivity index (χ1) is 11.4. The highest BCUT2D eigenvalue weighted by molar-refractivity contribution is 7.09. The highest BCUT2D eigenvalue weighted by atomic mass is 32.1. The molecule has 0 saturated heterocycles. The Bertz CT molecular complexity index is 814. The fourth-order valence-electron chi connectivity index (χ4n) is 2.26. The summed E-state index contributed by atoms with van der Waals surface area (Å²) >= 11 is 1.66. The van der Waals surface area contributed by atoms with E-state index in [2.05, 4.69) is 65.6 Å². The number of nitrogens with zero attached hydrogens (tertiary/aromatic N) is 5. The normalized spacial score (nSPS) is 12.1. The van der Waals surface area contributed by atoms with E-state index in [1.807, 2.05) is 25.0 Å². The third-order valence-electron chi connectivity index (χ3n) is 4.48. The molecule has 0 fully saturated rings. The lowest BCUT2D eigenvalue weighted by atomic mass is 10.0. The predicted octanol–water partition coefficient (Wildman–Crippen LogP) is 3.56. The van der Waals surface area contributed by atoms with Crippen LogP contribution in [0.3, 0.4) is 0 Å². The molecule has 5 nitrogen and oxygen atoms in total. The van der Waals surface area contributed by atoms with Crippen LogP contribution < -0.4 is 0 Å². The maximum absolute atomic E-state index is 4.73. The molecular weight excluding hydrogens is 318 g/mol. The zero-order chi connectivity index (χ0) is 17.3. The van der Waals surface area contributed by atoms with E-state index in [0.717, 1.165) is 22.0 Å². The van der Waals surface area contributed by atoms with Gasteiger partial charge in [0.25, 0.3) is 0 Å². The molecule has 0 spiro atoms. The minimum atomic E-state index is -0.145. The molecule has 0 radical (unpaired) electrons. The molecule has 2 heterocycles. The lowest BCUT2D eigenvalue weighted by molar-refractivity contribution is 0.191. The summed E-state index contributed by atoms with van der Waals surface area (Å²) in [7, 11) is 4.10. The Labute approximate surface area is 147 Å². The van der Waals surface area contributed by atoms with Crippen molar-refractivity contribution >= 4 is 11.3 Å². The molecule has 3 rings (SSSR count). The highest BCUT2D eigenvalue weighted by Crippen LogP contribution is 2.24. The molecule has 0 N–H and O–H groups in total. The molecule has 0 saturated carbocycles. The smallest absolute Gasteiger partial charge is 0.115 e. The van der Waals surface area contributed by atoms with Crippen LogP contribution in [0, 0.1) is 6.92 Å². The first kappa shape index (κ1) is 16.8. The first-order valence-corrected chi connectivity index (χ1v) is 8.84. The molecule has 0 aliphatic heterocycles. The summed E-state index contributed by atoms with van der Waals surface area (Å²) in [4.78, 5) is 6.87. The molecule has 0 atom stereocenters. The van der Waals surface area contributed by atoms with E-state index < -0.39 is 0 Å². The van der Waals surface area contributed by atoms with E-state index in [1.165, 1.54) is 5.56 Å². The first-order valence-electron chi connectivity index (χ1n) is 7.96. The van der Waals surface area contributed by atoms with Gasteiger partial charge in [-0.25, -0.2) is 9.67 Å². The van der Waals surface area contributed by atoms with E-state index in [1.54, 1.807) is 11.3 Å². The molecule has 6 heteroatoms. The fraction of sp³-hybridized carbons (Fsp3) is 0.389. The second kappa shape index (κ2) is 6.45. The van der Waals surface area contributed by atoms with Crippen molar-refractivity contribution in [3.05, 3.63) is 52.1 Å². The van der Waals surface area contributed by atoms with Crippen LogP contribution in [0.15, 0.2) is 35.8 Å². The van der Waals surface area contributed by atoms with Crippen LogP contribution in [0.1, 0.15) is 30.1 Å². The average molecular weight is 341 g/mol. The van der Waals surface area contributed by atoms with Crippen molar-refractivity contribution in [2.45, 2.75) is 32.9 Å². The average Bonchev–Trinajstić information content (AvgIpc) is 3.18. The van der Waals surface area contributed by atoms with Gasteiger partial charge in [-0.3, -0.25) is 4.90 Å². The lowest BCUT2D eigenvalue weighted by Crippen LogP contribution is -2.35. The molecule has 0 aliphatic rings. The standard InChI is InChI=1S/C18H23N5S/c1-13-6-8-14(9-7-13)15-12-24-17(19-15)11-23-10-16(20-21-23)18(2,3)22(4)5/h6-10,12H,11H2,1-5H3. The van der Waals surface area contributed by atoms with Crippen LogP contribution in [0.2, 0.25) is 0 Å². The summed E-state index contributed by atoms with van der Waals surface area (Å²) in [6, 6.07) is 8.45. The SMILES string of the molecule is Cc1ccc(-c2csc(Cn3cc(C(C)(C)N(C)C)nn3)n2)cc1. The molecular formula is C18H23N5S. The van der Waals surface area contributed by atoms with E-state index >= 15 is 0 Å². The van der Waals surface area contributed by atoms with Crippen LogP contribution in [0.5, 0.6) is 0 Å².